The molecule has 0 spiro atoms. The van der Waals surface area contributed by atoms with E-state index < -0.39 is 7.82 Å². The lowest BCUT2D eigenvalue weighted by atomic mass is 10.4. The molecule has 0 aromatic rings. The van der Waals surface area contributed by atoms with Crippen LogP contribution in [-0.4, -0.2) is 52.5 Å². The van der Waals surface area contributed by atoms with Crippen LogP contribution in [0.4, 0.5) is 0 Å². The minimum absolute atomic E-state index is 0.0621. The first-order chi connectivity index (χ1) is 6.00. The normalized spacial score (nSPS) is 11.6. The van der Waals surface area contributed by atoms with Crippen molar-refractivity contribution >= 4 is 13.7 Å². The van der Waals surface area contributed by atoms with Crippen LogP contribution >= 0.6 is 7.82 Å². The van der Waals surface area contributed by atoms with Gasteiger partial charge in [-0.15, -0.1) is 0 Å². The summed E-state index contributed by atoms with van der Waals surface area (Å²) >= 11 is 0. The standard InChI is InChI=1S/C6H14NO2.H3O4P/c1-6(9)7(2,3)4-5-8;1-5(2,3)4/h8H,4-5H2,1-3H3;(H3,1,2,3,4)/q+1;/p-1. The maximum atomic E-state index is 10.7. The molecule has 0 fully saturated rings. The number of aliphatic hydroxyl groups is 1. The van der Waals surface area contributed by atoms with Crippen molar-refractivity contribution < 1.29 is 33.6 Å². The molecule has 86 valence electrons. The third-order valence-corrected chi connectivity index (χ3v) is 1.51. The number of rotatable bonds is 2. The Morgan fingerprint density at radius 3 is 1.79 bits per heavy atom. The lowest BCUT2D eigenvalue weighted by Gasteiger charge is -2.23. The van der Waals surface area contributed by atoms with Crippen LogP contribution in [0.25, 0.3) is 0 Å². The number of hydrogen-bond acceptors (Lipinski definition) is 4. The van der Waals surface area contributed by atoms with E-state index in [4.69, 9.17) is 24.4 Å². The first-order valence-corrected chi connectivity index (χ1v) is 5.25. The van der Waals surface area contributed by atoms with Gasteiger partial charge < -0.3 is 19.8 Å². The molecule has 0 radical (unpaired) electrons. The molecule has 0 saturated heterocycles. The number of phosphoric acid groups is 1. The Labute approximate surface area is 82.4 Å². The van der Waals surface area contributed by atoms with E-state index in [-0.39, 0.29) is 17.0 Å². The molecule has 0 bridgehead atoms. The fraction of sp³-hybridized carbons (Fsp3) is 0.833. The molecule has 0 heterocycles. The molecule has 0 aliphatic rings. The van der Waals surface area contributed by atoms with Gasteiger partial charge in [-0.1, -0.05) is 0 Å². The first kappa shape index (κ1) is 16.1. The van der Waals surface area contributed by atoms with E-state index in [1.807, 2.05) is 0 Å². The fourth-order valence-electron chi connectivity index (χ4n) is 0.407. The molecule has 1 amide bonds. The fourth-order valence-corrected chi connectivity index (χ4v) is 0.407. The van der Waals surface area contributed by atoms with E-state index in [1.165, 1.54) is 6.92 Å². The Balaban J connectivity index is 0. The number of nitrogens with zero attached hydrogens (tertiary/aromatic N) is 1. The largest absolute Gasteiger partial charge is 0.756 e. The average Bonchev–Trinajstić information content (AvgIpc) is 1.82. The van der Waals surface area contributed by atoms with Crippen LogP contribution in [0.15, 0.2) is 0 Å². The average molecular weight is 229 g/mol. The molecule has 0 unspecified atom stereocenters. The summed E-state index contributed by atoms with van der Waals surface area (Å²) in [6.07, 6.45) is 0. The molecule has 8 heteroatoms. The second kappa shape index (κ2) is 6.23. The number of hydrogen-bond donors (Lipinski definition) is 3. The molecule has 3 N–H and O–H groups in total. The maximum absolute atomic E-state index is 10.7. The second-order valence-electron chi connectivity index (χ2n) is 3.14. The number of aliphatic hydroxyl groups excluding tert-OH is 1. The summed E-state index contributed by atoms with van der Waals surface area (Å²) in [5.74, 6) is 0.0732. The highest BCUT2D eigenvalue weighted by atomic mass is 31.2. The van der Waals surface area contributed by atoms with Gasteiger partial charge >= 0.3 is 5.91 Å². The Kier molecular flexibility index (Phi) is 7.19. The van der Waals surface area contributed by atoms with Crippen LogP contribution < -0.4 is 4.89 Å². The van der Waals surface area contributed by atoms with Gasteiger partial charge in [-0.25, -0.2) is 4.79 Å². The third kappa shape index (κ3) is 14.2. The maximum Gasteiger partial charge on any atom is 0.310 e. The van der Waals surface area contributed by atoms with Crippen LogP contribution in [0.5, 0.6) is 0 Å². The lowest BCUT2D eigenvalue weighted by Crippen LogP contribution is -2.45. The summed E-state index contributed by atoms with van der Waals surface area (Å²) in [4.78, 5) is 33.6. The molecule has 0 atom stereocenters. The zero-order valence-corrected chi connectivity index (χ0v) is 9.27. The Bertz CT molecular complexity index is 214. The highest BCUT2D eigenvalue weighted by Crippen LogP contribution is 2.18. The Morgan fingerprint density at radius 2 is 1.71 bits per heavy atom. The van der Waals surface area contributed by atoms with E-state index in [1.54, 1.807) is 14.1 Å². The summed E-state index contributed by atoms with van der Waals surface area (Å²) in [7, 11) is -1.34. The highest BCUT2D eigenvalue weighted by Gasteiger charge is 2.19. The predicted octanol–water partition coefficient (Wildman–Crippen LogP) is -1.96. The zero-order chi connectivity index (χ0) is 12.0. The molecule has 0 aromatic carbocycles. The molecular weight excluding hydrogens is 213 g/mol. The van der Waals surface area contributed by atoms with Gasteiger partial charge in [0.2, 0.25) is 0 Å². The number of quaternary nitrogens is 1. The van der Waals surface area contributed by atoms with E-state index in [2.05, 4.69) is 0 Å². The molecule has 0 rings (SSSR count). The van der Waals surface area contributed by atoms with Gasteiger partial charge in [0.1, 0.15) is 6.54 Å². The minimum Gasteiger partial charge on any atom is -0.756 e. The van der Waals surface area contributed by atoms with Crippen molar-refractivity contribution in [2.75, 3.05) is 27.2 Å². The Hall–Kier alpha value is -0.300. The van der Waals surface area contributed by atoms with Crippen molar-refractivity contribution in [1.82, 2.24) is 0 Å². The molecule has 14 heavy (non-hydrogen) atoms. The van der Waals surface area contributed by atoms with Gasteiger partial charge in [0.05, 0.1) is 27.6 Å². The van der Waals surface area contributed by atoms with Crippen molar-refractivity contribution in [1.29, 1.82) is 0 Å². The smallest absolute Gasteiger partial charge is 0.310 e. The van der Waals surface area contributed by atoms with Gasteiger partial charge in [-0.05, 0) is 0 Å². The molecule has 0 saturated carbocycles. The van der Waals surface area contributed by atoms with Crippen LogP contribution in [0.1, 0.15) is 6.92 Å². The van der Waals surface area contributed by atoms with Gasteiger partial charge in [-0.3, -0.25) is 9.05 Å². The lowest BCUT2D eigenvalue weighted by molar-refractivity contribution is -0.813. The molecular formula is C6H16NO6P. The van der Waals surface area contributed by atoms with E-state index >= 15 is 0 Å². The Morgan fingerprint density at radius 1 is 1.43 bits per heavy atom. The first-order valence-electron chi connectivity index (χ1n) is 3.72. The molecule has 0 aliphatic heterocycles. The van der Waals surface area contributed by atoms with Crippen molar-refractivity contribution in [3.05, 3.63) is 0 Å². The quantitative estimate of drug-likeness (QED) is 0.374. The van der Waals surface area contributed by atoms with Crippen LogP contribution in [0.3, 0.4) is 0 Å². The predicted molar refractivity (Wildman–Crippen MR) is 46.8 cm³/mol. The van der Waals surface area contributed by atoms with Gasteiger partial charge in [-0.2, -0.15) is 0 Å². The van der Waals surface area contributed by atoms with Gasteiger partial charge in [0.15, 0.2) is 0 Å². The van der Waals surface area contributed by atoms with E-state index in [0.717, 1.165) is 0 Å². The topological polar surface area (TPSA) is 118 Å². The number of amides is 1. The molecule has 7 nitrogen and oxygen atoms in total. The van der Waals surface area contributed by atoms with Gasteiger partial charge in [0, 0.05) is 0 Å². The van der Waals surface area contributed by atoms with Gasteiger partial charge in [0.25, 0.3) is 7.82 Å². The van der Waals surface area contributed by atoms with Crippen molar-refractivity contribution in [2.24, 2.45) is 0 Å². The number of likely N-dealkylation sites (N-methyl/N-ethyl adjacent to an activating group) is 1. The summed E-state index contributed by atoms with van der Waals surface area (Å²) in [5, 5.41) is 8.48. The van der Waals surface area contributed by atoms with E-state index in [0.29, 0.717) is 6.54 Å². The third-order valence-electron chi connectivity index (χ3n) is 1.51. The summed E-state index contributed by atoms with van der Waals surface area (Å²) < 4.78 is 9.03. The minimum atomic E-state index is -4.89. The second-order valence-corrected chi connectivity index (χ2v) is 4.12. The molecule has 0 aliphatic carbocycles. The SMILES string of the molecule is CC(=O)[N+](C)(C)CCO.O=P([O-])(O)O. The van der Waals surface area contributed by atoms with Crippen molar-refractivity contribution in [3.63, 3.8) is 0 Å². The van der Waals surface area contributed by atoms with Crippen LogP contribution in [0, 0.1) is 0 Å². The summed E-state index contributed by atoms with van der Waals surface area (Å²) in [6, 6.07) is 0. The summed E-state index contributed by atoms with van der Waals surface area (Å²) in [5.41, 5.74) is 0. The van der Waals surface area contributed by atoms with Crippen molar-refractivity contribution in [3.8, 4) is 0 Å². The monoisotopic (exact) mass is 229 g/mol. The zero-order valence-electron chi connectivity index (χ0n) is 8.38. The van der Waals surface area contributed by atoms with Crippen LogP contribution in [0.2, 0.25) is 0 Å². The van der Waals surface area contributed by atoms with Crippen LogP contribution in [-0.2, 0) is 9.36 Å². The summed E-state index contributed by atoms with van der Waals surface area (Å²) in [6.45, 7) is 2.08. The highest BCUT2D eigenvalue weighted by molar-refractivity contribution is 7.43. The molecule has 0 aromatic heterocycles. The van der Waals surface area contributed by atoms with Crippen molar-refractivity contribution in [2.45, 2.75) is 6.92 Å². The number of carbonyl (C=O) groups is 1. The number of carbonyl (C=O) groups excluding carboxylic acids is 1. The van der Waals surface area contributed by atoms with E-state index in [9.17, 15) is 4.79 Å².